The normalized spacial score (nSPS) is 23.7. The van der Waals surface area contributed by atoms with Crippen LogP contribution in [0, 0.1) is 0 Å². The van der Waals surface area contributed by atoms with Crippen molar-refractivity contribution in [3.8, 4) is 0 Å². The van der Waals surface area contributed by atoms with Crippen molar-refractivity contribution >= 4 is 6.03 Å². The third kappa shape index (κ3) is 4.14. The molecule has 5 heteroatoms. The average molecular weight is 255 g/mol. The quantitative estimate of drug-likeness (QED) is 0.815. The van der Waals surface area contributed by atoms with Crippen LogP contribution in [-0.2, 0) is 4.74 Å². The van der Waals surface area contributed by atoms with Crippen LogP contribution in [0.25, 0.3) is 0 Å². The highest BCUT2D eigenvalue weighted by molar-refractivity contribution is 5.74. The van der Waals surface area contributed by atoms with Gasteiger partial charge in [-0.25, -0.2) is 4.79 Å². The zero-order valence-corrected chi connectivity index (χ0v) is 11.4. The van der Waals surface area contributed by atoms with Crippen LogP contribution in [0.5, 0.6) is 0 Å². The second-order valence-corrected chi connectivity index (χ2v) is 5.31. The molecule has 5 nitrogen and oxygen atoms in total. The highest BCUT2D eigenvalue weighted by Crippen LogP contribution is 2.09. The molecule has 18 heavy (non-hydrogen) atoms. The number of ether oxygens (including phenoxy) is 1. The molecule has 1 N–H and O–H groups in total. The molecule has 2 saturated heterocycles. The lowest BCUT2D eigenvalue weighted by Gasteiger charge is -2.32. The van der Waals surface area contributed by atoms with Crippen LogP contribution in [-0.4, -0.2) is 67.8 Å². The largest absolute Gasteiger partial charge is 0.378 e. The molecule has 0 aromatic carbocycles. The number of hydrogen-bond acceptors (Lipinski definition) is 3. The van der Waals surface area contributed by atoms with Gasteiger partial charge in [-0.3, -0.25) is 0 Å². The number of nitrogens with zero attached hydrogens (tertiary/aromatic N) is 2. The van der Waals surface area contributed by atoms with Crippen molar-refractivity contribution in [1.29, 1.82) is 0 Å². The molecule has 104 valence electrons. The fourth-order valence-electron chi connectivity index (χ4n) is 2.64. The SMILES string of the molecule is CC(CN1CCCCC1)NC(=O)N1CCOCC1. The van der Waals surface area contributed by atoms with Gasteiger partial charge in [0, 0.05) is 25.7 Å². The van der Waals surface area contributed by atoms with Crippen molar-refractivity contribution in [1.82, 2.24) is 15.1 Å². The lowest BCUT2D eigenvalue weighted by molar-refractivity contribution is 0.0522. The second kappa shape index (κ2) is 6.95. The molecule has 1 unspecified atom stereocenters. The number of carbonyl (C=O) groups is 1. The molecule has 1 atom stereocenters. The summed E-state index contributed by atoms with van der Waals surface area (Å²) in [5, 5.41) is 3.09. The van der Waals surface area contributed by atoms with Crippen LogP contribution in [0.15, 0.2) is 0 Å². The van der Waals surface area contributed by atoms with Crippen molar-refractivity contribution in [2.75, 3.05) is 45.9 Å². The van der Waals surface area contributed by atoms with E-state index in [1.165, 1.54) is 32.4 Å². The summed E-state index contributed by atoms with van der Waals surface area (Å²) in [4.78, 5) is 16.3. The molecule has 0 saturated carbocycles. The van der Waals surface area contributed by atoms with Gasteiger partial charge in [-0.2, -0.15) is 0 Å². The Bertz CT molecular complexity index is 261. The minimum Gasteiger partial charge on any atom is -0.378 e. The van der Waals surface area contributed by atoms with E-state index >= 15 is 0 Å². The molecule has 0 aliphatic carbocycles. The summed E-state index contributed by atoms with van der Waals surface area (Å²) in [6, 6.07) is 0.279. The van der Waals surface area contributed by atoms with Gasteiger partial charge >= 0.3 is 6.03 Å². The van der Waals surface area contributed by atoms with E-state index in [1.807, 2.05) is 4.90 Å². The van der Waals surface area contributed by atoms with Crippen LogP contribution in [0.3, 0.4) is 0 Å². The maximum absolute atomic E-state index is 12.0. The van der Waals surface area contributed by atoms with E-state index in [-0.39, 0.29) is 12.1 Å². The number of likely N-dealkylation sites (tertiary alicyclic amines) is 1. The standard InChI is InChI=1S/C13H25N3O2/c1-12(11-15-5-3-2-4-6-15)14-13(17)16-7-9-18-10-8-16/h12H,2-11H2,1H3,(H,14,17). The van der Waals surface area contributed by atoms with Gasteiger partial charge in [-0.15, -0.1) is 0 Å². The summed E-state index contributed by atoms with van der Waals surface area (Å²) < 4.78 is 5.25. The van der Waals surface area contributed by atoms with Crippen LogP contribution in [0.1, 0.15) is 26.2 Å². The van der Waals surface area contributed by atoms with Gasteiger partial charge in [0.15, 0.2) is 0 Å². The molecule has 0 radical (unpaired) electrons. The first-order chi connectivity index (χ1) is 8.75. The summed E-state index contributed by atoms with van der Waals surface area (Å²) in [5.74, 6) is 0. The highest BCUT2D eigenvalue weighted by atomic mass is 16.5. The topological polar surface area (TPSA) is 44.8 Å². The Hall–Kier alpha value is -0.810. The Morgan fingerprint density at radius 2 is 1.83 bits per heavy atom. The highest BCUT2D eigenvalue weighted by Gasteiger charge is 2.19. The molecule has 2 aliphatic rings. The summed E-state index contributed by atoms with van der Waals surface area (Å²) in [6.45, 7) is 8.16. The van der Waals surface area contributed by atoms with E-state index in [4.69, 9.17) is 4.74 Å². The molecule has 2 amide bonds. The van der Waals surface area contributed by atoms with E-state index in [2.05, 4.69) is 17.1 Å². The molecule has 2 rings (SSSR count). The first-order valence-electron chi connectivity index (χ1n) is 7.11. The third-order valence-electron chi connectivity index (χ3n) is 3.65. The molecule has 2 fully saturated rings. The maximum Gasteiger partial charge on any atom is 0.317 e. The zero-order chi connectivity index (χ0) is 12.8. The van der Waals surface area contributed by atoms with Gasteiger partial charge < -0.3 is 19.9 Å². The molecule has 2 heterocycles. The summed E-state index contributed by atoms with van der Waals surface area (Å²) in [6.07, 6.45) is 3.94. The van der Waals surface area contributed by atoms with Gasteiger partial charge in [0.05, 0.1) is 13.2 Å². The minimum atomic E-state index is 0.0582. The molecule has 0 bridgehead atoms. The van der Waals surface area contributed by atoms with Gasteiger partial charge in [0.1, 0.15) is 0 Å². The van der Waals surface area contributed by atoms with E-state index in [1.54, 1.807) is 0 Å². The minimum absolute atomic E-state index is 0.0582. The number of urea groups is 1. The predicted octanol–water partition coefficient (Wildman–Crippen LogP) is 0.903. The van der Waals surface area contributed by atoms with Gasteiger partial charge in [0.2, 0.25) is 0 Å². The Kier molecular flexibility index (Phi) is 5.26. The summed E-state index contributed by atoms with van der Waals surface area (Å²) in [5.41, 5.74) is 0. The molecule has 2 aliphatic heterocycles. The Labute approximate surface area is 109 Å². The summed E-state index contributed by atoms with van der Waals surface area (Å²) >= 11 is 0. The van der Waals surface area contributed by atoms with E-state index < -0.39 is 0 Å². The fourth-order valence-corrected chi connectivity index (χ4v) is 2.64. The monoisotopic (exact) mass is 255 g/mol. The Balaban J connectivity index is 1.68. The van der Waals surface area contributed by atoms with Gasteiger partial charge in [-0.05, 0) is 32.9 Å². The van der Waals surface area contributed by atoms with E-state index in [0.717, 1.165) is 6.54 Å². The van der Waals surface area contributed by atoms with Crippen molar-refractivity contribution in [2.24, 2.45) is 0 Å². The number of morpholine rings is 1. The predicted molar refractivity (Wildman–Crippen MR) is 70.7 cm³/mol. The first-order valence-corrected chi connectivity index (χ1v) is 7.11. The van der Waals surface area contributed by atoms with Crippen LogP contribution in [0.2, 0.25) is 0 Å². The number of piperidine rings is 1. The van der Waals surface area contributed by atoms with Gasteiger partial charge in [-0.1, -0.05) is 6.42 Å². The number of carbonyl (C=O) groups excluding carboxylic acids is 1. The zero-order valence-electron chi connectivity index (χ0n) is 11.4. The molecule has 0 spiro atoms. The number of rotatable bonds is 3. The van der Waals surface area contributed by atoms with E-state index in [9.17, 15) is 4.79 Å². The van der Waals surface area contributed by atoms with Crippen LogP contribution < -0.4 is 5.32 Å². The number of amides is 2. The third-order valence-corrected chi connectivity index (χ3v) is 3.65. The van der Waals surface area contributed by atoms with Crippen molar-refractivity contribution in [2.45, 2.75) is 32.2 Å². The van der Waals surface area contributed by atoms with E-state index in [0.29, 0.717) is 26.3 Å². The first kappa shape index (κ1) is 13.6. The molecular formula is C13H25N3O2. The Morgan fingerprint density at radius 3 is 2.50 bits per heavy atom. The lowest BCUT2D eigenvalue weighted by Crippen LogP contribution is -2.51. The smallest absolute Gasteiger partial charge is 0.317 e. The number of hydrogen-bond donors (Lipinski definition) is 1. The van der Waals surface area contributed by atoms with Crippen molar-refractivity contribution in [3.05, 3.63) is 0 Å². The molecular weight excluding hydrogens is 230 g/mol. The molecule has 0 aromatic heterocycles. The fraction of sp³-hybridized carbons (Fsp3) is 0.923. The second-order valence-electron chi connectivity index (χ2n) is 5.31. The van der Waals surface area contributed by atoms with Crippen LogP contribution >= 0.6 is 0 Å². The van der Waals surface area contributed by atoms with Crippen molar-refractivity contribution in [3.63, 3.8) is 0 Å². The maximum atomic E-state index is 12.0. The Morgan fingerprint density at radius 1 is 1.17 bits per heavy atom. The van der Waals surface area contributed by atoms with Gasteiger partial charge in [0.25, 0.3) is 0 Å². The molecule has 0 aromatic rings. The van der Waals surface area contributed by atoms with Crippen molar-refractivity contribution < 1.29 is 9.53 Å². The lowest BCUT2D eigenvalue weighted by atomic mass is 10.1. The van der Waals surface area contributed by atoms with Crippen LogP contribution in [0.4, 0.5) is 4.79 Å². The summed E-state index contributed by atoms with van der Waals surface area (Å²) in [7, 11) is 0. The average Bonchev–Trinajstić information content (AvgIpc) is 2.40. The number of nitrogens with one attached hydrogen (secondary N) is 1.